The summed E-state index contributed by atoms with van der Waals surface area (Å²) in [5.74, 6) is 2.29. The van der Waals surface area contributed by atoms with Gasteiger partial charge >= 0.3 is 0 Å². The van der Waals surface area contributed by atoms with Gasteiger partial charge in [0.1, 0.15) is 5.75 Å². The lowest BCUT2D eigenvalue weighted by Gasteiger charge is -2.17. The van der Waals surface area contributed by atoms with E-state index in [4.69, 9.17) is 18.9 Å². The van der Waals surface area contributed by atoms with Crippen LogP contribution in [0.4, 0.5) is 5.69 Å². The largest absolute Gasteiger partial charge is 0.495 e. The SMILES string of the molecule is COc1ccc(C(=O)C(Br)=Cc2cc(OC)c3c(c2)OCO3)cc1N(C)C. The molecule has 142 valence electrons. The quantitative estimate of drug-likeness (QED) is 0.504. The van der Waals surface area contributed by atoms with E-state index in [1.54, 1.807) is 50.6 Å². The van der Waals surface area contributed by atoms with E-state index >= 15 is 0 Å². The minimum absolute atomic E-state index is 0.141. The summed E-state index contributed by atoms with van der Waals surface area (Å²) < 4.78 is 21.9. The fourth-order valence-corrected chi connectivity index (χ4v) is 3.26. The molecule has 0 bridgehead atoms. The molecule has 0 saturated carbocycles. The smallest absolute Gasteiger partial charge is 0.231 e. The number of anilines is 1. The average molecular weight is 434 g/mol. The third-order valence-corrected chi connectivity index (χ3v) is 4.70. The monoisotopic (exact) mass is 433 g/mol. The van der Waals surface area contributed by atoms with Gasteiger partial charge in [0.05, 0.1) is 24.4 Å². The van der Waals surface area contributed by atoms with E-state index in [1.807, 2.05) is 19.0 Å². The Kier molecular flexibility index (Phi) is 5.60. The Labute approximate surface area is 166 Å². The van der Waals surface area contributed by atoms with Crippen LogP contribution in [0.2, 0.25) is 0 Å². The van der Waals surface area contributed by atoms with Crippen molar-refractivity contribution in [3.05, 3.63) is 45.9 Å². The molecule has 0 N–H and O–H groups in total. The fraction of sp³-hybridized carbons (Fsp3) is 0.250. The first kappa shape index (κ1) is 19.1. The molecule has 0 spiro atoms. The molecule has 0 amide bonds. The predicted molar refractivity (Wildman–Crippen MR) is 108 cm³/mol. The van der Waals surface area contributed by atoms with Crippen LogP contribution in [0.1, 0.15) is 15.9 Å². The summed E-state index contributed by atoms with van der Waals surface area (Å²) in [5.41, 5.74) is 2.14. The second-order valence-electron chi connectivity index (χ2n) is 6.06. The first-order chi connectivity index (χ1) is 12.9. The lowest BCUT2D eigenvalue weighted by atomic mass is 10.1. The third kappa shape index (κ3) is 3.88. The van der Waals surface area contributed by atoms with E-state index in [-0.39, 0.29) is 12.6 Å². The van der Waals surface area contributed by atoms with E-state index in [0.717, 1.165) is 11.3 Å². The number of hydrogen-bond donors (Lipinski definition) is 0. The second kappa shape index (κ2) is 7.92. The van der Waals surface area contributed by atoms with Crippen LogP contribution in [0, 0.1) is 0 Å². The van der Waals surface area contributed by atoms with Gasteiger partial charge in [0, 0.05) is 19.7 Å². The molecule has 0 saturated heterocycles. The van der Waals surface area contributed by atoms with E-state index in [9.17, 15) is 4.79 Å². The van der Waals surface area contributed by atoms with Crippen LogP contribution in [0.15, 0.2) is 34.8 Å². The first-order valence-corrected chi connectivity index (χ1v) is 8.98. The highest BCUT2D eigenvalue weighted by atomic mass is 79.9. The standard InChI is InChI=1S/C20H20BrNO5/c1-22(2)15-10-13(5-6-16(15)24-3)19(23)14(21)7-12-8-17(25-4)20-18(9-12)26-11-27-20/h5-10H,11H2,1-4H3. The summed E-state index contributed by atoms with van der Waals surface area (Å²) in [6.45, 7) is 0.151. The number of Topliss-reactive ketones (excluding diaryl/α,β-unsaturated/α-hetero) is 1. The molecule has 0 radical (unpaired) electrons. The molecule has 2 aromatic carbocycles. The number of allylic oxidation sites excluding steroid dienone is 1. The summed E-state index contributed by atoms with van der Waals surface area (Å²) in [5, 5.41) is 0. The van der Waals surface area contributed by atoms with Crippen molar-refractivity contribution in [3.8, 4) is 23.0 Å². The van der Waals surface area contributed by atoms with Gasteiger partial charge in [-0.25, -0.2) is 0 Å². The predicted octanol–water partition coefficient (Wildman–Crippen LogP) is 4.12. The lowest BCUT2D eigenvalue weighted by molar-refractivity contribution is 0.104. The van der Waals surface area contributed by atoms with Crippen LogP contribution in [-0.2, 0) is 0 Å². The molecule has 0 aromatic heterocycles. The van der Waals surface area contributed by atoms with Crippen LogP contribution in [0.5, 0.6) is 23.0 Å². The van der Waals surface area contributed by atoms with Gasteiger partial charge in [0.25, 0.3) is 0 Å². The zero-order chi connectivity index (χ0) is 19.6. The summed E-state index contributed by atoms with van der Waals surface area (Å²) in [4.78, 5) is 14.7. The molecule has 0 fully saturated rings. The maximum Gasteiger partial charge on any atom is 0.231 e. The van der Waals surface area contributed by atoms with Gasteiger partial charge in [-0.3, -0.25) is 4.79 Å². The molecule has 0 unspecified atom stereocenters. The molecule has 0 atom stereocenters. The zero-order valence-corrected chi connectivity index (χ0v) is 17.1. The van der Waals surface area contributed by atoms with Gasteiger partial charge in [0.2, 0.25) is 12.5 Å². The number of rotatable bonds is 6. The minimum atomic E-state index is -0.141. The van der Waals surface area contributed by atoms with Crippen molar-refractivity contribution in [2.24, 2.45) is 0 Å². The highest BCUT2D eigenvalue weighted by Crippen LogP contribution is 2.42. The van der Waals surface area contributed by atoms with Crippen molar-refractivity contribution in [2.45, 2.75) is 0 Å². The Balaban J connectivity index is 1.93. The van der Waals surface area contributed by atoms with Gasteiger partial charge in [-0.15, -0.1) is 0 Å². The number of ether oxygens (including phenoxy) is 4. The molecule has 3 rings (SSSR count). The Morgan fingerprint density at radius 2 is 1.85 bits per heavy atom. The van der Waals surface area contributed by atoms with Crippen molar-refractivity contribution in [3.63, 3.8) is 0 Å². The summed E-state index contributed by atoms with van der Waals surface area (Å²) >= 11 is 3.39. The normalized spacial score (nSPS) is 12.7. The number of carbonyl (C=O) groups is 1. The third-order valence-electron chi connectivity index (χ3n) is 4.11. The molecule has 27 heavy (non-hydrogen) atoms. The van der Waals surface area contributed by atoms with Gasteiger partial charge < -0.3 is 23.8 Å². The minimum Gasteiger partial charge on any atom is -0.495 e. The maximum absolute atomic E-state index is 12.8. The van der Waals surface area contributed by atoms with Crippen molar-refractivity contribution in [2.75, 3.05) is 40.0 Å². The van der Waals surface area contributed by atoms with Crippen LogP contribution < -0.4 is 23.8 Å². The topological polar surface area (TPSA) is 57.2 Å². The maximum atomic E-state index is 12.8. The van der Waals surface area contributed by atoms with E-state index in [1.165, 1.54) is 0 Å². The molecule has 1 aliphatic heterocycles. The van der Waals surface area contributed by atoms with Crippen molar-refractivity contribution >= 4 is 33.5 Å². The number of ketones is 1. The number of methoxy groups -OCH3 is 2. The van der Waals surface area contributed by atoms with Crippen molar-refractivity contribution < 1.29 is 23.7 Å². The Morgan fingerprint density at radius 3 is 2.52 bits per heavy atom. The number of hydrogen-bond acceptors (Lipinski definition) is 6. The van der Waals surface area contributed by atoms with Gasteiger partial charge in [-0.2, -0.15) is 0 Å². The number of nitrogens with zero attached hydrogens (tertiary/aromatic N) is 1. The van der Waals surface area contributed by atoms with Gasteiger partial charge in [0.15, 0.2) is 17.3 Å². The van der Waals surface area contributed by atoms with E-state index < -0.39 is 0 Å². The Morgan fingerprint density at radius 1 is 1.11 bits per heavy atom. The second-order valence-corrected chi connectivity index (χ2v) is 6.91. The van der Waals surface area contributed by atoms with Crippen molar-refractivity contribution in [1.82, 2.24) is 0 Å². The molecule has 6 nitrogen and oxygen atoms in total. The molecular weight excluding hydrogens is 414 g/mol. The van der Waals surface area contributed by atoms with E-state index in [0.29, 0.717) is 33.0 Å². The van der Waals surface area contributed by atoms with Crippen molar-refractivity contribution in [1.29, 1.82) is 0 Å². The summed E-state index contributed by atoms with van der Waals surface area (Å²) in [7, 11) is 6.96. The average Bonchev–Trinajstić information content (AvgIpc) is 3.14. The van der Waals surface area contributed by atoms with Crippen LogP contribution in [0.25, 0.3) is 6.08 Å². The molecule has 7 heteroatoms. The first-order valence-electron chi connectivity index (χ1n) is 8.19. The molecular formula is C20H20BrNO5. The number of carbonyl (C=O) groups excluding carboxylic acids is 1. The summed E-state index contributed by atoms with van der Waals surface area (Å²) in [6.07, 6.45) is 1.73. The number of fused-ring (bicyclic) bond motifs is 1. The van der Waals surface area contributed by atoms with Crippen LogP contribution >= 0.6 is 15.9 Å². The van der Waals surface area contributed by atoms with Gasteiger partial charge in [-0.1, -0.05) is 0 Å². The Hall–Kier alpha value is -2.67. The lowest BCUT2D eigenvalue weighted by Crippen LogP contribution is -2.11. The molecule has 2 aromatic rings. The number of halogens is 1. The molecule has 1 heterocycles. The highest BCUT2D eigenvalue weighted by molar-refractivity contribution is 9.12. The molecule has 0 aliphatic carbocycles. The fourth-order valence-electron chi connectivity index (χ4n) is 2.76. The Bertz CT molecular complexity index is 907. The van der Waals surface area contributed by atoms with Gasteiger partial charge in [-0.05, 0) is 57.9 Å². The van der Waals surface area contributed by atoms with E-state index in [2.05, 4.69) is 15.9 Å². The summed E-state index contributed by atoms with van der Waals surface area (Å²) in [6, 6.07) is 8.92. The van der Waals surface area contributed by atoms with Crippen LogP contribution in [0.3, 0.4) is 0 Å². The highest BCUT2D eigenvalue weighted by Gasteiger charge is 2.20. The molecule has 1 aliphatic rings. The van der Waals surface area contributed by atoms with Crippen LogP contribution in [-0.4, -0.2) is 40.9 Å². The number of benzene rings is 2. The zero-order valence-electron chi connectivity index (χ0n) is 15.5.